The summed E-state index contributed by atoms with van der Waals surface area (Å²) >= 11 is 1.57. The Morgan fingerprint density at radius 2 is 2.18 bits per heavy atom. The van der Waals surface area contributed by atoms with Gasteiger partial charge in [-0.2, -0.15) is 5.10 Å². The minimum absolute atomic E-state index is 0.0250. The van der Waals surface area contributed by atoms with Gasteiger partial charge in [0.15, 0.2) is 0 Å². The summed E-state index contributed by atoms with van der Waals surface area (Å²) in [5, 5.41) is 10.5. The van der Waals surface area contributed by atoms with Crippen LogP contribution in [0.5, 0.6) is 0 Å². The van der Waals surface area contributed by atoms with Crippen LogP contribution in [0.3, 0.4) is 0 Å². The number of benzene rings is 1. The summed E-state index contributed by atoms with van der Waals surface area (Å²) in [4.78, 5) is 17.4. The third-order valence-corrected chi connectivity index (χ3v) is 6.01. The molecule has 1 N–H and O–H groups in total. The fourth-order valence-corrected chi connectivity index (χ4v) is 4.42. The molecule has 0 aliphatic carbocycles. The van der Waals surface area contributed by atoms with Crippen molar-refractivity contribution < 1.29 is 9.53 Å². The van der Waals surface area contributed by atoms with E-state index in [-0.39, 0.29) is 24.0 Å². The van der Waals surface area contributed by atoms with E-state index >= 15 is 0 Å². The number of aromatic nitrogens is 3. The van der Waals surface area contributed by atoms with E-state index < -0.39 is 0 Å². The van der Waals surface area contributed by atoms with Gasteiger partial charge < -0.3 is 10.1 Å². The quantitative estimate of drug-likeness (QED) is 0.661. The first-order valence-electron chi connectivity index (χ1n) is 9.63. The highest BCUT2D eigenvalue weighted by Crippen LogP contribution is 2.35. The van der Waals surface area contributed by atoms with Crippen molar-refractivity contribution in [2.45, 2.75) is 38.5 Å². The van der Waals surface area contributed by atoms with Crippen LogP contribution in [-0.4, -0.2) is 27.3 Å². The lowest BCUT2D eigenvalue weighted by atomic mass is 9.97. The topological polar surface area (TPSA) is 69.0 Å². The van der Waals surface area contributed by atoms with E-state index in [1.165, 1.54) is 5.56 Å². The second-order valence-electron chi connectivity index (χ2n) is 6.93. The number of amides is 1. The van der Waals surface area contributed by atoms with Gasteiger partial charge in [-0.15, -0.1) is 11.3 Å². The highest BCUT2D eigenvalue weighted by Gasteiger charge is 2.38. The van der Waals surface area contributed by atoms with Crippen LogP contribution in [0.4, 0.5) is 0 Å². The summed E-state index contributed by atoms with van der Waals surface area (Å²) in [5.41, 5.74) is 2.12. The molecule has 1 fully saturated rings. The molecule has 7 heteroatoms. The molecule has 28 heavy (non-hydrogen) atoms. The Hall–Kier alpha value is -2.51. The minimum Gasteiger partial charge on any atom is -0.371 e. The van der Waals surface area contributed by atoms with E-state index in [0.29, 0.717) is 19.6 Å². The van der Waals surface area contributed by atoms with Gasteiger partial charge in [0.05, 0.1) is 24.2 Å². The maximum Gasteiger partial charge on any atom is 0.226 e. The predicted molar refractivity (Wildman–Crippen MR) is 108 cm³/mol. The molecular formula is C21H24N4O2S. The highest BCUT2D eigenvalue weighted by molar-refractivity contribution is 7.09. The van der Waals surface area contributed by atoms with Crippen LogP contribution in [0.2, 0.25) is 0 Å². The van der Waals surface area contributed by atoms with E-state index in [2.05, 4.69) is 34.5 Å². The fraction of sp³-hybridized carbons (Fsp3) is 0.381. The lowest BCUT2D eigenvalue weighted by Crippen LogP contribution is -2.35. The zero-order valence-electron chi connectivity index (χ0n) is 15.8. The molecule has 0 spiro atoms. The minimum atomic E-state index is -0.278. The second-order valence-corrected chi connectivity index (χ2v) is 7.85. The lowest BCUT2D eigenvalue weighted by molar-refractivity contribution is -0.127. The van der Waals surface area contributed by atoms with Crippen LogP contribution in [0, 0.1) is 5.92 Å². The summed E-state index contributed by atoms with van der Waals surface area (Å²) in [6, 6.07) is 12.1. The number of hydrogen-bond acceptors (Lipinski definition) is 5. The maximum atomic E-state index is 13.0. The Balaban J connectivity index is 1.49. The van der Waals surface area contributed by atoms with E-state index in [1.807, 2.05) is 34.3 Å². The zero-order valence-corrected chi connectivity index (χ0v) is 16.6. The van der Waals surface area contributed by atoms with Crippen LogP contribution in [0.15, 0.2) is 54.2 Å². The van der Waals surface area contributed by atoms with Crippen LogP contribution in [0.1, 0.15) is 48.2 Å². The van der Waals surface area contributed by atoms with Crippen molar-refractivity contribution >= 4 is 17.2 Å². The van der Waals surface area contributed by atoms with Crippen molar-refractivity contribution in [3.05, 3.63) is 70.4 Å². The predicted octanol–water partition coefficient (Wildman–Crippen LogP) is 3.73. The molecule has 3 heterocycles. The van der Waals surface area contributed by atoms with Crippen molar-refractivity contribution in [1.82, 2.24) is 20.1 Å². The van der Waals surface area contributed by atoms with Gasteiger partial charge in [-0.3, -0.25) is 9.48 Å². The molecule has 1 aliphatic heterocycles. The number of ether oxygens (including phenoxy) is 1. The van der Waals surface area contributed by atoms with Crippen molar-refractivity contribution in [2.75, 3.05) is 6.61 Å². The van der Waals surface area contributed by atoms with Gasteiger partial charge in [0.1, 0.15) is 11.1 Å². The lowest BCUT2D eigenvalue weighted by Gasteiger charge is -2.22. The number of carbonyl (C=O) groups is 1. The van der Waals surface area contributed by atoms with Gasteiger partial charge >= 0.3 is 0 Å². The van der Waals surface area contributed by atoms with Crippen LogP contribution >= 0.6 is 11.3 Å². The zero-order chi connectivity index (χ0) is 19.3. The van der Waals surface area contributed by atoms with Gasteiger partial charge in [-0.25, -0.2) is 4.98 Å². The summed E-state index contributed by atoms with van der Waals surface area (Å²) in [6.45, 7) is 3.30. The van der Waals surface area contributed by atoms with E-state index in [9.17, 15) is 4.79 Å². The average molecular weight is 397 g/mol. The number of rotatable bonds is 7. The van der Waals surface area contributed by atoms with Crippen LogP contribution in [0.25, 0.3) is 0 Å². The van der Waals surface area contributed by atoms with Crippen molar-refractivity contribution in [3.63, 3.8) is 0 Å². The molecule has 2 aromatic heterocycles. The number of nitrogens with one attached hydrogen (secondary N) is 1. The molecule has 0 saturated carbocycles. The Bertz CT molecular complexity index is 894. The molecule has 0 radical (unpaired) electrons. The Morgan fingerprint density at radius 1 is 1.32 bits per heavy atom. The Morgan fingerprint density at radius 3 is 2.93 bits per heavy atom. The first-order chi connectivity index (χ1) is 13.8. The molecule has 6 nitrogen and oxygen atoms in total. The summed E-state index contributed by atoms with van der Waals surface area (Å²) in [6.07, 6.45) is 4.79. The molecule has 4 rings (SSSR count). The maximum absolute atomic E-state index is 13.0. The normalized spacial score (nSPS) is 20.2. The number of carbonyl (C=O) groups excluding carboxylic acids is 1. The summed E-state index contributed by atoms with van der Waals surface area (Å²) in [5.74, 6) is -0.197. The van der Waals surface area contributed by atoms with Crippen LogP contribution < -0.4 is 5.32 Å². The molecule has 1 saturated heterocycles. The van der Waals surface area contributed by atoms with Gasteiger partial charge in [-0.1, -0.05) is 37.3 Å². The Labute approximate surface area is 168 Å². The third kappa shape index (κ3) is 4.00. The SMILES string of the molecule is CCC(NC(=O)[C@H]1CCO[C@@H]1c1ccnn1Cc1ccccc1)c1nccs1. The van der Waals surface area contributed by atoms with Gasteiger partial charge in [0.2, 0.25) is 5.91 Å². The van der Waals surface area contributed by atoms with Crippen LogP contribution in [-0.2, 0) is 16.1 Å². The molecule has 146 valence electrons. The third-order valence-electron chi connectivity index (χ3n) is 5.12. The van der Waals surface area contributed by atoms with E-state index in [1.54, 1.807) is 23.7 Å². The number of nitrogens with zero attached hydrogens (tertiary/aromatic N) is 3. The fourth-order valence-electron chi connectivity index (χ4n) is 3.65. The molecular weight excluding hydrogens is 372 g/mol. The van der Waals surface area contributed by atoms with Crippen molar-refractivity contribution in [1.29, 1.82) is 0 Å². The van der Waals surface area contributed by atoms with Crippen molar-refractivity contribution in [2.24, 2.45) is 5.92 Å². The molecule has 1 aromatic carbocycles. The summed E-state index contributed by atoms with van der Waals surface area (Å²) < 4.78 is 7.91. The first-order valence-corrected chi connectivity index (χ1v) is 10.5. The average Bonchev–Trinajstić information content (AvgIpc) is 3.47. The molecule has 1 unspecified atom stereocenters. The van der Waals surface area contributed by atoms with E-state index in [4.69, 9.17) is 4.74 Å². The van der Waals surface area contributed by atoms with Gasteiger partial charge in [-0.05, 0) is 24.5 Å². The van der Waals surface area contributed by atoms with Crippen molar-refractivity contribution in [3.8, 4) is 0 Å². The molecule has 1 amide bonds. The molecule has 3 atom stereocenters. The highest BCUT2D eigenvalue weighted by atomic mass is 32.1. The first kappa shape index (κ1) is 18.8. The molecule has 3 aromatic rings. The molecule has 0 bridgehead atoms. The summed E-state index contributed by atoms with van der Waals surface area (Å²) in [7, 11) is 0. The second kappa shape index (κ2) is 8.67. The molecule has 1 aliphatic rings. The smallest absolute Gasteiger partial charge is 0.226 e. The largest absolute Gasteiger partial charge is 0.371 e. The van der Waals surface area contributed by atoms with E-state index in [0.717, 1.165) is 17.1 Å². The monoisotopic (exact) mass is 396 g/mol. The van der Waals surface area contributed by atoms with Gasteiger partial charge in [0, 0.05) is 24.4 Å². The van der Waals surface area contributed by atoms with Gasteiger partial charge in [0.25, 0.3) is 0 Å². The standard InChI is InChI=1S/C21H24N4O2S/c1-2-17(21-22-11-13-28-21)24-20(26)16-9-12-27-19(16)18-8-10-23-25(18)14-15-6-4-3-5-7-15/h3-8,10-11,13,16-17,19H,2,9,12,14H2,1H3,(H,24,26)/t16-,17?,19-/m0/s1. The Kier molecular flexibility index (Phi) is 5.83. The number of hydrogen-bond donors (Lipinski definition) is 1. The number of thiazole rings is 1.